The Morgan fingerprint density at radius 1 is 1.15 bits per heavy atom. The number of methoxy groups -OCH3 is 1. The maximum atomic E-state index is 10.0. The molecule has 2 N–H and O–H groups in total. The molecule has 0 aromatic heterocycles. The molecule has 114 valence electrons. The van der Waals surface area contributed by atoms with Crippen molar-refractivity contribution < 1.29 is 9.84 Å². The van der Waals surface area contributed by atoms with E-state index in [1.54, 1.807) is 7.11 Å². The van der Waals surface area contributed by atoms with E-state index in [1.807, 2.05) is 12.1 Å². The van der Waals surface area contributed by atoms with Gasteiger partial charge in [0.2, 0.25) is 0 Å². The molecule has 0 heterocycles. The molecule has 1 rings (SSSR count). The van der Waals surface area contributed by atoms with Crippen LogP contribution < -0.4 is 10.1 Å². The summed E-state index contributed by atoms with van der Waals surface area (Å²) in [5.41, 5.74) is 1.28. The number of rotatable bonds is 8. The molecule has 0 fully saturated rings. The summed E-state index contributed by atoms with van der Waals surface area (Å²) in [5.74, 6) is 1.62. The summed E-state index contributed by atoms with van der Waals surface area (Å²) in [6.45, 7) is 9.21. The lowest BCUT2D eigenvalue weighted by molar-refractivity contribution is 0.109. The van der Waals surface area contributed by atoms with Crippen molar-refractivity contribution in [1.82, 2.24) is 5.32 Å². The second kappa shape index (κ2) is 8.28. The highest BCUT2D eigenvalue weighted by Crippen LogP contribution is 2.22. The lowest BCUT2D eigenvalue weighted by Crippen LogP contribution is -2.39. The molecular formula is C17H29NO2. The van der Waals surface area contributed by atoms with Crippen molar-refractivity contribution in [2.45, 2.75) is 52.2 Å². The van der Waals surface area contributed by atoms with Crippen LogP contribution in [0.5, 0.6) is 5.75 Å². The molecule has 1 aromatic rings. The minimum absolute atomic E-state index is 0.273. The van der Waals surface area contributed by atoms with Crippen LogP contribution in [0.15, 0.2) is 24.3 Å². The van der Waals surface area contributed by atoms with Gasteiger partial charge in [0, 0.05) is 12.6 Å². The molecule has 0 aliphatic heterocycles. The summed E-state index contributed by atoms with van der Waals surface area (Å²) >= 11 is 0. The molecule has 0 aliphatic rings. The van der Waals surface area contributed by atoms with E-state index >= 15 is 0 Å². The number of hydrogen-bond donors (Lipinski definition) is 2. The molecule has 3 nitrogen and oxygen atoms in total. The van der Waals surface area contributed by atoms with Gasteiger partial charge in [-0.25, -0.2) is 0 Å². The van der Waals surface area contributed by atoms with Crippen molar-refractivity contribution in [3.8, 4) is 5.75 Å². The van der Waals surface area contributed by atoms with Gasteiger partial charge in [-0.2, -0.15) is 0 Å². The van der Waals surface area contributed by atoms with E-state index in [4.69, 9.17) is 4.74 Å². The zero-order valence-electron chi connectivity index (χ0n) is 13.4. The minimum atomic E-state index is -0.273. The Hall–Kier alpha value is -1.06. The van der Waals surface area contributed by atoms with Crippen LogP contribution in [0.25, 0.3) is 0 Å². The minimum Gasteiger partial charge on any atom is -0.497 e. The third-order valence-electron chi connectivity index (χ3n) is 4.34. The maximum absolute atomic E-state index is 10.0. The van der Waals surface area contributed by atoms with Crippen molar-refractivity contribution >= 4 is 0 Å². The van der Waals surface area contributed by atoms with Crippen LogP contribution in [-0.2, 0) is 0 Å². The number of aliphatic hydroxyl groups is 1. The first-order valence-corrected chi connectivity index (χ1v) is 7.55. The number of aliphatic hydroxyl groups excluding tert-OH is 1. The lowest BCUT2D eigenvalue weighted by atomic mass is 9.93. The summed E-state index contributed by atoms with van der Waals surface area (Å²) in [7, 11) is 1.68. The van der Waals surface area contributed by atoms with Gasteiger partial charge in [0.05, 0.1) is 13.2 Å². The Kier molecular flexibility index (Phi) is 7.03. The predicted molar refractivity (Wildman–Crippen MR) is 84.3 cm³/mol. The van der Waals surface area contributed by atoms with Crippen molar-refractivity contribution in [3.63, 3.8) is 0 Å². The number of ether oxygens (including phenoxy) is 1. The zero-order chi connectivity index (χ0) is 15.1. The summed E-state index contributed by atoms with van der Waals surface area (Å²) in [6, 6.07) is 8.51. The molecule has 0 saturated heterocycles. The molecule has 0 bridgehead atoms. The van der Waals surface area contributed by atoms with Crippen LogP contribution >= 0.6 is 0 Å². The van der Waals surface area contributed by atoms with Gasteiger partial charge in [0.1, 0.15) is 5.75 Å². The van der Waals surface area contributed by atoms with Crippen molar-refractivity contribution in [2.24, 2.45) is 5.92 Å². The second-order valence-corrected chi connectivity index (χ2v) is 5.71. The Morgan fingerprint density at radius 2 is 1.75 bits per heavy atom. The van der Waals surface area contributed by atoms with Crippen molar-refractivity contribution in [1.29, 1.82) is 0 Å². The standard InChI is InChI=1S/C17H29NO2/c1-6-12(2)17(19)11-18-14(4)13(3)15-7-9-16(20-5)10-8-15/h7-10,12-14,17-19H,6,11H2,1-5H3. The average Bonchev–Trinajstić information content (AvgIpc) is 2.50. The average molecular weight is 279 g/mol. The third kappa shape index (κ3) is 4.80. The van der Waals surface area contributed by atoms with Gasteiger partial charge in [-0.3, -0.25) is 0 Å². The lowest BCUT2D eigenvalue weighted by Gasteiger charge is -2.25. The molecule has 4 atom stereocenters. The quantitative estimate of drug-likeness (QED) is 0.768. The van der Waals surface area contributed by atoms with Gasteiger partial charge < -0.3 is 15.2 Å². The maximum Gasteiger partial charge on any atom is 0.118 e. The van der Waals surface area contributed by atoms with Crippen LogP contribution in [0.4, 0.5) is 0 Å². The van der Waals surface area contributed by atoms with Gasteiger partial charge in [-0.05, 0) is 36.5 Å². The fourth-order valence-electron chi connectivity index (χ4n) is 2.15. The first-order valence-electron chi connectivity index (χ1n) is 7.55. The van der Waals surface area contributed by atoms with Crippen LogP contribution in [0.3, 0.4) is 0 Å². The highest BCUT2D eigenvalue weighted by Gasteiger charge is 2.17. The normalized spacial score (nSPS) is 17.3. The van der Waals surface area contributed by atoms with Crippen LogP contribution in [0, 0.1) is 5.92 Å². The topological polar surface area (TPSA) is 41.5 Å². The summed E-state index contributed by atoms with van der Waals surface area (Å²) in [4.78, 5) is 0. The van der Waals surface area contributed by atoms with Gasteiger partial charge in [0.15, 0.2) is 0 Å². The SMILES string of the molecule is CCC(C)C(O)CNC(C)C(C)c1ccc(OC)cc1. The van der Waals surface area contributed by atoms with Crippen molar-refractivity contribution in [3.05, 3.63) is 29.8 Å². The third-order valence-corrected chi connectivity index (χ3v) is 4.34. The Balaban J connectivity index is 2.51. The Labute approximate surface area is 123 Å². The first kappa shape index (κ1) is 17.0. The molecular weight excluding hydrogens is 250 g/mol. The molecule has 0 radical (unpaired) electrons. The molecule has 4 unspecified atom stereocenters. The zero-order valence-corrected chi connectivity index (χ0v) is 13.4. The fraction of sp³-hybridized carbons (Fsp3) is 0.647. The van der Waals surface area contributed by atoms with E-state index in [-0.39, 0.29) is 6.10 Å². The summed E-state index contributed by atoms with van der Waals surface area (Å²) < 4.78 is 5.18. The van der Waals surface area contributed by atoms with Crippen LogP contribution in [0.1, 0.15) is 45.6 Å². The molecule has 0 aliphatic carbocycles. The second-order valence-electron chi connectivity index (χ2n) is 5.71. The molecule has 0 amide bonds. The molecule has 3 heteroatoms. The number of nitrogens with one attached hydrogen (secondary N) is 1. The highest BCUT2D eigenvalue weighted by atomic mass is 16.5. The Morgan fingerprint density at radius 3 is 2.25 bits per heavy atom. The number of hydrogen-bond acceptors (Lipinski definition) is 3. The van der Waals surface area contributed by atoms with E-state index in [0.717, 1.165) is 12.2 Å². The highest BCUT2D eigenvalue weighted by molar-refractivity contribution is 5.29. The Bertz CT molecular complexity index is 377. The smallest absolute Gasteiger partial charge is 0.118 e. The summed E-state index contributed by atoms with van der Waals surface area (Å²) in [6.07, 6.45) is 0.733. The largest absolute Gasteiger partial charge is 0.497 e. The van der Waals surface area contributed by atoms with Crippen LogP contribution in [-0.4, -0.2) is 30.9 Å². The van der Waals surface area contributed by atoms with Gasteiger partial charge in [0.25, 0.3) is 0 Å². The van der Waals surface area contributed by atoms with Gasteiger partial charge in [-0.15, -0.1) is 0 Å². The van der Waals surface area contributed by atoms with E-state index in [9.17, 15) is 5.11 Å². The first-order chi connectivity index (χ1) is 9.49. The monoisotopic (exact) mass is 279 g/mol. The van der Waals surface area contributed by atoms with Gasteiger partial charge >= 0.3 is 0 Å². The molecule has 20 heavy (non-hydrogen) atoms. The van der Waals surface area contributed by atoms with E-state index in [0.29, 0.717) is 24.4 Å². The fourth-order valence-corrected chi connectivity index (χ4v) is 2.15. The number of benzene rings is 1. The van der Waals surface area contributed by atoms with E-state index in [1.165, 1.54) is 5.56 Å². The molecule has 1 aromatic carbocycles. The van der Waals surface area contributed by atoms with Crippen LogP contribution in [0.2, 0.25) is 0 Å². The van der Waals surface area contributed by atoms with Crippen molar-refractivity contribution in [2.75, 3.05) is 13.7 Å². The van der Waals surface area contributed by atoms with E-state index < -0.39 is 0 Å². The molecule has 0 saturated carbocycles. The predicted octanol–water partition coefficient (Wildman–Crippen LogP) is 3.18. The van der Waals surface area contributed by atoms with E-state index in [2.05, 4.69) is 45.1 Å². The van der Waals surface area contributed by atoms with Gasteiger partial charge in [-0.1, -0.05) is 39.3 Å². The molecule has 0 spiro atoms. The summed E-state index contributed by atoms with van der Waals surface area (Å²) in [5, 5.41) is 13.5.